The van der Waals surface area contributed by atoms with Gasteiger partial charge in [-0.15, -0.1) is 0 Å². The van der Waals surface area contributed by atoms with Gasteiger partial charge in [-0.3, -0.25) is 4.79 Å². The molecule has 0 saturated carbocycles. The van der Waals surface area contributed by atoms with Crippen LogP contribution in [0.25, 0.3) is 0 Å². The van der Waals surface area contributed by atoms with Crippen LogP contribution in [0.15, 0.2) is 24.4 Å². The topological polar surface area (TPSA) is 63.0 Å². The molecular weight excluding hydrogens is 280 g/mol. The van der Waals surface area contributed by atoms with Crippen molar-refractivity contribution in [3.63, 3.8) is 0 Å². The largest absolute Gasteiger partial charge is 0.465 e. The number of hydrogen-bond donors (Lipinski definition) is 1. The summed E-state index contributed by atoms with van der Waals surface area (Å²) in [5.41, 5.74) is 3.18. The molecule has 0 aliphatic carbocycles. The number of aromatic amines is 1. The lowest BCUT2D eigenvalue weighted by Crippen LogP contribution is -2.44. The SMILES string of the molecule is COC(=O)c1c(C)[nH]c(C(=O)[C@H](C)[n+]2ccccc2C)c1C. The average molecular weight is 301 g/mol. The third kappa shape index (κ3) is 2.66. The fraction of sp³-hybridized carbons (Fsp3) is 0.353. The van der Waals surface area contributed by atoms with E-state index in [-0.39, 0.29) is 11.8 Å². The number of methoxy groups -OCH3 is 1. The van der Waals surface area contributed by atoms with Crippen LogP contribution in [0.3, 0.4) is 0 Å². The number of ketones is 1. The van der Waals surface area contributed by atoms with Crippen LogP contribution in [0, 0.1) is 20.8 Å². The summed E-state index contributed by atoms with van der Waals surface area (Å²) in [7, 11) is 1.33. The summed E-state index contributed by atoms with van der Waals surface area (Å²) in [5, 5.41) is 0. The molecule has 0 aliphatic heterocycles. The van der Waals surface area contributed by atoms with E-state index in [1.807, 2.05) is 42.8 Å². The van der Waals surface area contributed by atoms with Gasteiger partial charge >= 0.3 is 5.97 Å². The third-order valence-electron chi connectivity index (χ3n) is 3.97. The van der Waals surface area contributed by atoms with E-state index in [1.54, 1.807) is 13.8 Å². The van der Waals surface area contributed by atoms with Crippen molar-refractivity contribution in [2.75, 3.05) is 7.11 Å². The Hall–Kier alpha value is -2.43. The van der Waals surface area contributed by atoms with Crippen LogP contribution in [0.5, 0.6) is 0 Å². The lowest BCUT2D eigenvalue weighted by molar-refractivity contribution is -0.710. The molecule has 2 aromatic rings. The number of nitrogens with zero attached hydrogens (tertiary/aromatic N) is 1. The van der Waals surface area contributed by atoms with Crippen molar-refractivity contribution in [2.24, 2.45) is 0 Å². The predicted octanol–water partition coefficient (Wildman–Crippen LogP) is 2.46. The number of aromatic nitrogens is 2. The highest BCUT2D eigenvalue weighted by molar-refractivity contribution is 6.02. The van der Waals surface area contributed by atoms with Crippen molar-refractivity contribution in [3.8, 4) is 0 Å². The smallest absolute Gasteiger partial charge is 0.339 e. The zero-order valence-corrected chi connectivity index (χ0v) is 13.6. The highest BCUT2D eigenvalue weighted by Crippen LogP contribution is 2.21. The predicted molar refractivity (Wildman–Crippen MR) is 82.0 cm³/mol. The summed E-state index contributed by atoms with van der Waals surface area (Å²) >= 11 is 0. The number of nitrogens with one attached hydrogen (secondary N) is 1. The van der Waals surface area contributed by atoms with E-state index in [1.165, 1.54) is 7.11 Å². The standard InChI is InChI=1S/C17H20N2O3/c1-10-8-6-7-9-19(10)13(4)16(20)15-11(2)14(12(3)18-15)17(21)22-5/h6-9,13H,1-5H3/p+1/t13-/m0/s1. The van der Waals surface area contributed by atoms with E-state index >= 15 is 0 Å². The first-order valence-corrected chi connectivity index (χ1v) is 7.17. The molecule has 1 N–H and O–H groups in total. The summed E-state index contributed by atoms with van der Waals surface area (Å²) < 4.78 is 6.69. The van der Waals surface area contributed by atoms with Gasteiger partial charge in [-0.25, -0.2) is 4.79 Å². The van der Waals surface area contributed by atoms with E-state index in [0.29, 0.717) is 22.5 Å². The average Bonchev–Trinajstić information content (AvgIpc) is 2.80. The molecule has 0 fully saturated rings. The molecule has 2 rings (SSSR count). The molecule has 22 heavy (non-hydrogen) atoms. The highest BCUT2D eigenvalue weighted by atomic mass is 16.5. The third-order valence-corrected chi connectivity index (χ3v) is 3.97. The Morgan fingerprint density at radius 2 is 1.91 bits per heavy atom. The number of carbonyl (C=O) groups excluding carboxylic acids is 2. The van der Waals surface area contributed by atoms with Gasteiger partial charge in [-0.05, 0) is 19.4 Å². The summed E-state index contributed by atoms with van der Waals surface area (Å²) in [5.74, 6) is -0.489. The monoisotopic (exact) mass is 301 g/mol. The van der Waals surface area contributed by atoms with E-state index in [2.05, 4.69) is 4.98 Å². The quantitative estimate of drug-likeness (QED) is 0.536. The van der Waals surface area contributed by atoms with Crippen molar-refractivity contribution in [1.82, 2.24) is 4.98 Å². The summed E-state index contributed by atoms with van der Waals surface area (Å²) in [6.07, 6.45) is 1.88. The molecule has 5 nitrogen and oxygen atoms in total. The number of carbonyl (C=O) groups is 2. The molecule has 0 spiro atoms. The summed E-state index contributed by atoms with van der Waals surface area (Å²) in [4.78, 5) is 27.7. The van der Waals surface area contributed by atoms with Crippen LogP contribution in [-0.2, 0) is 4.74 Å². The van der Waals surface area contributed by atoms with E-state index in [4.69, 9.17) is 4.74 Å². The van der Waals surface area contributed by atoms with Gasteiger partial charge in [0.1, 0.15) is 0 Å². The molecule has 0 unspecified atom stereocenters. The fourth-order valence-corrected chi connectivity index (χ4v) is 2.72. The zero-order chi connectivity index (χ0) is 16.4. The minimum absolute atomic E-state index is 0.0601. The Kier molecular flexibility index (Phi) is 4.45. The molecule has 0 aromatic carbocycles. The van der Waals surface area contributed by atoms with Crippen molar-refractivity contribution < 1.29 is 18.9 Å². The van der Waals surface area contributed by atoms with Crippen molar-refractivity contribution in [3.05, 3.63) is 52.6 Å². The highest BCUT2D eigenvalue weighted by Gasteiger charge is 2.30. The van der Waals surface area contributed by atoms with Crippen molar-refractivity contribution in [1.29, 1.82) is 0 Å². The number of ether oxygens (including phenoxy) is 1. The van der Waals surface area contributed by atoms with Crippen LogP contribution < -0.4 is 4.57 Å². The molecular formula is C17H21N2O3+. The Labute approximate surface area is 129 Å². The Morgan fingerprint density at radius 3 is 2.50 bits per heavy atom. The second kappa shape index (κ2) is 6.13. The van der Waals surface area contributed by atoms with Gasteiger partial charge in [0, 0.05) is 31.7 Å². The van der Waals surface area contributed by atoms with E-state index in [9.17, 15) is 9.59 Å². The normalized spacial score (nSPS) is 12.0. The molecule has 2 aromatic heterocycles. The van der Waals surface area contributed by atoms with Crippen molar-refractivity contribution in [2.45, 2.75) is 33.7 Å². The van der Waals surface area contributed by atoms with Gasteiger partial charge in [-0.1, -0.05) is 6.07 Å². The Balaban J connectivity index is 2.43. The molecule has 0 amide bonds. The van der Waals surface area contributed by atoms with Gasteiger partial charge in [-0.2, -0.15) is 4.57 Å². The van der Waals surface area contributed by atoms with Gasteiger partial charge in [0.05, 0.1) is 18.4 Å². The lowest BCUT2D eigenvalue weighted by Gasteiger charge is -2.08. The van der Waals surface area contributed by atoms with Crippen LogP contribution in [0.2, 0.25) is 0 Å². The maximum absolute atomic E-state index is 12.8. The molecule has 5 heteroatoms. The van der Waals surface area contributed by atoms with Gasteiger partial charge in [0.2, 0.25) is 11.8 Å². The first-order valence-electron chi connectivity index (χ1n) is 7.17. The van der Waals surface area contributed by atoms with Crippen LogP contribution in [-0.4, -0.2) is 23.8 Å². The van der Waals surface area contributed by atoms with Gasteiger partial charge in [0.15, 0.2) is 11.9 Å². The number of hydrogen-bond acceptors (Lipinski definition) is 3. The van der Waals surface area contributed by atoms with E-state index < -0.39 is 5.97 Å². The summed E-state index contributed by atoms with van der Waals surface area (Å²) in [6, 6.07) is 5.42. The van der Waals surface area contributed by atoms with Crippen LogP contribution in [0.1, 0.15) is 50.8 Å². The Bertz CT molecular complexity index is 732. The molecule has 0 radical (unpaired) electrons. The molecule has 1 atom stereocenters. The Morgan fingerprint density at radius 1 is 1.23 bits per heavy atom. The van der Waals surface area contributed by atoms with E-state index in [0.717, 1.165) is 5.69 Å². The number of Topliss-reactive ketones (excluding diaryl/α,β-unsaturated/α-hetero) is 1. The number of H-pyrrole nitrogens is 1. The number of aryl methyl sites for hydroxylation is 2. The molecule has 0 saturated heterocycles. The maximum atomic E-state index is 12.8. The molecule has 0 bridgehead atoms. The lowest BCUT2D eigenvalue weighted by atomic mass is 10.0. The molecule has 2 heterocycles. The molecule has 116 valence electrons. The molecule has 0 aliphatic rings. The van der Waals surface area contributed by atoms with Crippen molar-refractivity contribution >= 4 is 11.8 Å². The summed E-state index contributed by atoms with van der Waals surface area (Å²) in [6.45, 7) is 7.33. The van der Waals surface area contributed by atoms with Crippen LogP contribution in [0.4, 0.5) is 0 Å². The number of esters is 1. The van der Waals surface area contributed by atoms with Crippen LogP contribution >= 0.6 is 0 Å². The van der Waals surface area contributed by atoms with Gasteiger partial charge in [0.25, 0.3) is 0 Å². The minimum atomic E-state index is -0.429. The first-order chi connectivity index (χ1) is 10.4. The maximum Gasteiger partial charge on any atom is 0.339 e. The number of pyridine rings is 1. The second-order valence-corrected chi connectivity index (χ2v) is 5.41. The number of rotatable bonds is 4. The fourth-order valence-electron chi connectivity index (χ4n) is 2.72. The zero-order valence-electron chi connectivity index (χ0n) is 13.6. The second-order valence-electron chi connectivity index (χ2n) is 5.41. The minimum Gasteiger partial charge on any atom is -0.465 e. The first kappa shape index (κ1) is 15.9. The van der Waals surface area contributed by atoms with Gasteiger partial charge < -0.3 is 9.72 Å².